The first-order valence-corrected chi connectivity index (χ1v) is 6.64. The highest BCUT2D eigenvalue weighted by Gasteiger charge is 2.14. The second kappa shape index (κ2) is 8.14. The first-order valence-electron chi connectivity index (χ1n) is 6.64. The molecule has 6 nitrogen and oxygen atoms in total. The van der Waals surface area contributed by atoms with Gasteiger partial charge in [0.25, 0.3) is 0 Å². The van der Waals surface area contributed by atoms with E-state index < -0.39 is 0 Å². The fourth-order valence-electron chi connectivity index (χ4n) is 1.82. The van der Waals surface area contributed by atoms with Crippen molar-refractivity contribution in [1.29, 1.82) is 0 Å². The van der Waals surface area contributed by atoms with Crippen LogP contribution in [-0.2, 0) is 4.79 Å². The third-order valence-corrected chi connectivity index (χ3v) is 2.72. The Bertz CT molecular complexity index is 513. The average Bonchev–Trinajstić information content (AvgIpc) is 2.45. The van der Waals surface area contributed by atoms with Gasteiger partial charge in [0.15, 0.2) is 11.5 Å². The number of hydrogen-bond donors (Lipinski definition) is 1. The zero-order chi connectivity index (χ0) is 15.8. The second-order valence-corrected chi connectivity index (χ2v) is 4.81. The zero-order valence-electron chi connectivity index (χ0n) is 13.1. The van der Waals surface area contributed by atoms with Gasteiger partial charge in [-0.05, 0) is 18.1 Å². The number of carbonyl (C=O) groups excluding carboxylic acids is 1. The molecule has 0 unspecified atom stereocenters. The molecule has 1 amide bonds. The van der Waals surface area contributed by atoms with Crippen LogP contribution in [0.25, 0.3) is 0 Å². The van der Waals surface area contributed by atoms with Gasteiger partial charge in [0.1, 0.15) is 0 Å². The Morgan fingerprint density at radius 1 is 1.19 bits per heavy atom. The summed E-state index contributed by atoms with van der Waals surface area (Å²) in [5.74, 6) is 1.71. The van der Waals surface area contributed by atoms with Crippen molar-refractivity contribution in [2.75, 3.05) is 21.3 Å². The minimum absolute atomic E-state index is 0.124. The lowest BCUT2D eigenvalue weighted by Gasteiger charge is -2.13. The van der Waals surface area contributed by atoms with Crippen LogP contribution in [0, 0.1) is 5.92 Å². The molecule has 0 saturated heterocycles. The molecule has 0 saturated carbocycles. The molecule has 0 aliphatic heterocycles. The first kappa shape index (κ1) is 16.8. The number of carbonyl (C=O) groups is 1. The van der Waals surface area contributed by atoms with E-state index in [4.69, 9.17) is 14.2 Å². The van der Waals surface area contributed by atoms with E-state index in [1.165, 1.54) is 20.4 Å². The first-order chi connectivity index (χ1) is 10.0. The molecule has 0 aliphatic rings. The van der Waals surface area contributed by atoms with Crippen molar-refractivity contribution in [2.24, 2.45) is 11.0 Å². The summed E-state index contributed by atoms with van der Waals surface area (Å²) < 4.78 is 15.8. The minimum Gasteiger partial charge on any atom is -0.493 e. The predicted octanol–water partition coefficient (Wildman–Crippen LogP) is 2.21. The number of nitrogens with one attached hydrogen (secondary N) is 1. The van der Waals surface area contributed by atoms with E-state index in [0.29, 0.717) is 29.2 Å². The van der Waals surface area contributed by atoms with Crippen molar-refractivity contribution >= 4 is 12.1 Å². The fourth-order valence-corrected chi connectivity index (χ4v) is 1.82. The van der Waals surface area contributed by atoms with Crippen molar-refractivity contribution in [3.63, 3.8) is 0 Å². The van der Waals surface area contributed by atoms with Crippen molar-refractivity contribution in [2.45, 2.75) is 20.3 Å². The summed E-state index contributed by atoms with van der Waals surface area (Å²) in [4.78, 5) is 11.5. The number of nitrogens with zero attached hydrogens (tertiary/aromatic N) is 1. The summed E-state index contributed by atoms with van der Waals surface area (Å²) in [5, 5.41) is 3.93. The van der Waals surface area contributed by atoms with E-state index in [0.717, 1.165) is 0 Å². The SMILES string of the molecule is COc1ccc(C=NNC(=O)CC(C)C)c(OC)c1OC. The highest BCUT2D eigenvalue weighted by Crippen LogP contribution is 2.38. The number of amides is 1. The molecule has 0 aromatic heterocycles. The van der Waals surface area contributed by atoms with Gasteiger partial charge in [-0.1, -0.05) is 13.8 Å². The van der Waals surface area contributed by atoms with Crippen molar-refractivity contribution in [3.05, 3.63) is 17.7 Å². The summed E-state index contributed by atoms with van der Waals surface area (Å²) in [6.45, 7) is 3.95. The van der Waals surface area contributed by atoms with Crippen LogP contribution in [0.15, 0.2) is 17.2 Å². The molecule has 1 rings (SSSR count). The van der Waals surface area contributed by atoms with E-state index in [2.05, 4.69) is 10.5 Å². The molecule has 1 aromatic rings. The van der Waals surface area contributed by atoms with E-state index in [-0.39, 0.29) is 11.8 Å². The Kier molecular flexibility index (Phi) is 6.52. The molecule has 0 heterocycles. The van der Waals surface area contributed by atoms with E-state index in [1.807, 2.05) is 13.8 Å². The largest absolute Gasteiger partial charge is 0.493 e. The number of ether oxygens (including phenoxy) is 3. The van der Waals surface area contributed by atoms with Crippen LogP contribution in [0.2, 0.25) is 0 Å². The van der Waals surface area contributed by atoms with Crippen LogP contribution in [0.5, 0.6) is 17.2 Å². The lowest BCUT2D eigenvalue weighted by molar-refractivity contribution is -0.121. The van der Waals surface area contributed by atoms with Gasteiger partial charge in [0.05, 0.1) is 27.5 Å². The van der Waals surface area contributed by atoms with Crippen molar-refractivity contribution < 1.29 is 19.0 Å². The highest BCUT2D eigenvalue weighted by atomic mass is 16.5. The Hall–Kier alpha value is -2.24. The third-order valence-electron chi connectivity index (χ3n) is 2.72. The molecule has 0 radical (unpaired) electrons. The smallest absolute Gasteiger partial charge is 0.240 e. The van der Waals surface area contributed by atoms with Crippen molar-refractivity contribution in [1.82, 2.24) is 5.43 Å². The second-order valence-electron chi connectivity index (χ2n) is 4.81. The maximum Gasteiger partial charge on any atom is 0.240 e. The highest BCUT2D eigenvalue weighted by molar-refractivity contribution is 5.87. The van der Waals surface area contributed by atoms with Gasteiger partial charge in [0.2, 0.25) is 11.7 Å². The molecule has 1 N–H and O–H groups in total. The van der Waals surface area contributed by atoms with Gasteiger partial charge in [0, 0.05) is 12.0 Å². The Morgan fingerprint density at radius 3 is 2.38 bits per heavy atom. The monoisotopic (exact) mass is 294 g/mol. The van der Waals surface area contributed by atoms with Gasteiger partial charge in [-0.2, -0.15) is 5.10 Å². The quantitative estimate of drug-likeness (QED) is 0.618. The van der Waals surface area contributed by atoms with Crippen LogP contribution < -0.4 is 19.6 Å². The van der Waals surface area contributed by atoms with Crippen LogP contribution in [-0.4, -0.2) is 33.5 Å². The van der Waals surface area contributed by atoms with Crippen LogP contribution in [0.1, 0.15) is 25.8 Å². The van der Waals surface area contributed by atoms with Crippen LogP contribution in [0.4, 0.5) is 0 Å². The van der Waals surface area contributed by atoms with Gasteiger partial charge >= 0.3 is 0 Å². The number of hydrazone groups is 1. The fraction of sp³-hybridized carbons (Fsp3) is 0.467. The molecule has 0 aliphatic carbocycles. The number of benzene rings is 1. The molecular formula is C15H22N2O4. The summed E-state index contributed by atoms with van der Waals surface area (Å²) in [6.07, 6.45) is 1.94. The van der Waals surface area contributed by atoms with Gasteiger partial charge < -0.3 is 14.2 Å². The van der Waals surface area contributed by atoms with E-state index in [9.17, 15) is 4.79 Å². The molecule has 1 aromatic carbocycles. The summed E-state index contributed by atoms with van der Waals surface area (Å²) in [5.41, 5.74) is 3.16. The number of rotatable bonds is 7. The summed E-state index contributed by atoms with van der Waals surface area (Å²) >= 11 is 0. The Labute approximate surface area is 125 Å². The van der Waals surface area contributed by atoms with Crippen LogP contribution >= 0.6 is 0 Å². The summed E-state index contributed by atoms with van der Waals surface area (Å²) in [7, 11) is 4.62. The molecule has 0 fully saturated rings. The molecule has 116 valence electrons. The minimum atomic E-state index is -0.124. The zero-order valence-corrected chi connectivity index (χ0v) is 13.1. The standard InChI is InChI=1S/C15H22N2O4/c1-10(2)8-13(18)17-16-9-11-6-7-12(19-3)15(21-5)14(11)20-4/h6-7,9-10H,8H2,1-5H3,(H,17,18). The van der Waals surface area contributed by atoms with Gasteiger partial charge in [-0.25, -0.2) is 5.43 Å². The van der Waals surface area contributed by atoms with Crippen molar-refractivity contribution in [3.8, 4) is 17.2 Å². The maximum absolute atomic E-state index is 11.5. The predicted molar refractivity (Wildman–Crippen MR) is 81.3 cm³/mol. The maximum atomic E-state index is 11.5. The average molecular weight is 294 g/mol. The molecule has 0 spiro atoms. The normalized spacial score (nSPS) is 10.8. The summed E-state index contributed by atoms with van der Waals surface area (Å²) in [6, 6.07) is 3.52. The number of methoxy groups -OCH3 is 3. The molecule has 0 bridgehead atoms. The number of hydrogen-bond acceptors (Lipinski definition) is 5. The Balaban J connectivity index is 2.90. The topological polar surface area (TPSA) is 69.2 Å². The molecule has 21 heavy (non-hydrogen) atoms. The lowest BCUT2D eigenvalue weighted by atomic mass is 10.1. The molecular weight excluding hydrogens is 272 g/mol. The van der Waals surface area contributed by atoms with E-state index in [1.54, 1.807) is 19.2 Å². The van der Waals surface area contributed by atoms with Gasteiger partial charge in [-0.15, -0.1) is 0 Å². The molecule has 0 atom stereocenters. The van der Waals surface area contributed by atoms with E-state index >= 15 is 0 Å². The lowest BCUT2D eigenvalue weighted by Crippen LogP contribution is -2.19. The molecule has 6 heteroatoms. The van der Waals surface area contributed by atoms with Crippen LogP contribution in [0.3, 0.4) is 0 Å². The Morgan fingerprint density at radius 2 is 1.86 bits per heavy atom. The third kappa shape index (κ3) is 4.66. The van der Waals surface area contributed by atoms with Gasteiger partial charge in [-0.3, -0.25) is 4.79 Å².